The van der Waals surface area contributed by atoms with Gasteiger partial charge in [0.25, 0.3) is 0 Å². The summed E-state index contributed by atoms with van der Waals surface area (Å²) in [5, 5.41) is 2.78. The van der Waals surface area contributed by atoms with E-state index in [1.165, 1.54) is 12.1 Å². The van der Waals surface area contributed by atoms with Crippen LogP contribution >= 0.6 is 0 Å². The highest BCUT2D eigenvalue weighted by molar-refractivity contribution is 5.77. The van der Waals surface area contributed by atoms with Crippen LogP contribution in [0.1, 0.15) is 24.3 Å². The van der Waals surface area contributed by atoms with Crippen molar-refractivity contribution in [1.82, 2.24) is 5.32 Å². The lowest BCUT2D eigenvalue weighted by Crippen LogP contribution is -2.32. The number of nitrogens with one attached hydrogen (secondary N) is 1. The number of hydrogen-bond donors (Lipinski definition) is 1. The lowest BCUT2D eigenvalue weighted by atomic mass is 9.90. The molecule has 0 radical (unpaired) electrons. The van der Waals surface area contributed by atoms with Crippen molar-refractivity contribution in [3.05, 3.63) is 35.6 Å². The van der Waals surface area contributed by atoms with Gasteiger partial charge in [-0.05, 0) is 30.0 Å². The summed E-state index contributed by atoms with van der Waals surface area (Å²) in [6.45, 7) is 0.723. The first-order chi connectivity index (χ1) is 6.75. The Bertz CT molecular complexity index is 334. The largest absolute Gasteiger partial charge is 0.356 e. The predicted octanol–water partition coefficient (Wildman–Crippen LogP) is 1.82. The minimum atomic E-state index is -0.228. The van der Waals surface area contributed by atoms with Gasteiger partial charge in [-0.15, -0.1) is 0 Å². The molecule has 14 heavy (non-hydrogen) atoms. The van der Waals surface area contributed by atoms with Crippen LogP contribution in [-0.2, 0) is 4.79 Å². The van der Waals surface area contributed by atoms with Gasteiger partial charge in [0.1, 0.15) is 5.82 Å². The highest BCUT2D eigenvalue weighted by atomic mass is 19.1. The van der Waals surface area contributed by atoms with E-state index in [0.717, 1.165) is 18.5 Å². The van der Waals surface area contributed by atoms with E-state index in [1.54, 1.807) is 12.1 Å². The summed E-state index contributed by atoms with van der Waals surface area (Å²) in [6, 6.07) is 6.42. The van der Waals surface area contributed by atoms with E-state index >= 15 is 0 Å². The van der Waals surface area contributed by atoms with E-state index in [-0.39, 0.29) is 17.6 Å². The smallest absolute Gasteiger partial charge is 0.220 e. The number of halogens is 1. The lowest BCUT2D eigenvalue weighted by Gasteiger charge is -2.22. The molecule has 1 aromatic rings. The third-order valence-electron chi connectivity index (χ3n) is 2.59. The Kier molecular flexibility index (Phi) is 2.48. The third-order valence-corrected chi connectivity index (χ3v) is 2.59. The van der Waals surface area contributed by atoms with Gasteiger partial charge in [0, 0.05) is 13.0 Å². The van der Waals surface area contributed by atoms with Crippen LogP contribution in [0.15, 0.2) is 24.3 Å². The molecule has 1 N–H and O–H groups in total. The van der Waals surface area contributed by atoms with Gasteiger partial charge < -0.3 is 5.32 Å². The third kappa shape index (κ3) is 1.92. The first-order valence-electron chi connectivity index (χ1n) is 4.78. The molecule has 0 aliphatic carbocycles. The average molecular weight is 193 g/mol. The monoisotopic (exact) mass is 193 g/mol. The van der Waals surface area contributed by atoms with Gasteiger partial charge in [0.05, 0.1) is 0 Å². The van der Waals surface area contributed by atoms with Gasteiger partial charge in [0.2, 0.25) is 5.91 Å². The molecule has 0 aromatic heterocycles. The van der Waals surface area contributed by atoms with Crippen LogP contribution in [0.25, 0.3) is 0 Å². The van der Waals surface area contributed by atoms with Crippen molar-refractivity contribution in [2.45, 2.75) is 18.8 Å². The summed E-state index contributed by atoms with van der Waals surface area (Å²) < 4.78 is 12.7. The summed E-state index contributed by atoms with van der Waals surface area (Å²) in [4.78, 5) is 11.1. The van der Waals surface area contributed by atoms with Crippen LogP contribution in [-0.4, -0.2) is 12.5 Å². The molecule has 1 atom stereocenters. The molecule has 0 saturated carbocycles. The number of hydrogen-bond acceptors (Lipinski definition) is 1. The second-order valence-electron chi connectivity index (χ2n) is 3.59. The highest BCUT2D eigenvalue weighted by Gasteiger charge is 2.20. The van der Waals surface area contributed by atoms with E-state index in [0.29, 0.717) is 6.42 Å². The Morgan fingerprint density at radius 1 is 1.29 bits per heavy atom. The molecule has 1 aliphatic rings. The molecule has 2 nitrogen and oxygen atoms in total. The fraction of sp³-hybridized carbons (Fsp3) is 0.364. The van der Waals surface area contributed by atoms with Gasteiger partial charge in [-0.3, -0.25) is 4.79 Å². The van der Waals surface area contributed by atoms with Gasteiger partial charge in [0.15, 0.2) is 0 Å². The zero-order chi connectivity index (χ0) is 9.97. The molecular formula is C11H12FNO. The van der Waals surface area contributed by atoms with Crippen LogP contribution < -0.4 is 5.32 Å². The molecule has 0 unspecified atom stereocenters. The molecule has 3 heteroatoms. The van der Waals surface area contributed by atoms with Crippen LogP contribution in [0.4, 0.5) is 4.39 Å². The van der Waals surface area contributed by atoms with E-state index in [1.807, 2.05) is 0 Å². The van der Waals surface area contributed by atoms with Crippen molar-refractivity contribution in [3.8, 4) is 0 Å². The standard InChI is InChI=1S/C11H12FNO/c12-10-3-1-8(2-4-10)9-5-6-13-11(14)7-9/h1-4,9H,5-7H2,(H,13,14)/t9-/m1/s1. The number of carbonyl (C=O) groups excluding carboxylic acids is 1. The zero-order valence-corrected chi connectivity index (χ0v) is 7.79. The SMILES string of the molecule is O=C1C[C@H](c2ccc(F)cc2)CCN1. The van der Waals surface area contributed by atoms with Gasteiger partial charge in [-0.25, -0.2) is 4.39 Å². The molecular weight excluding hydrogens is 181 g/mol. The van der Waals surface area contributed by atoms with Crippen molar-refractivity contribution in [2.75, 3.05) is 6.54 Å². The van der Waals surface area contributed by atoms with Crippen LogP contribution in [0, 0.1) is 5.82 Å². The summed E-state index contributed by atoms with van der Waals surface area (Å²) >= 11 is 0. The minimum absolute atomic E-state index is 0.0885. The van der Waals surface area contributed by atoms with E-state index < -0.39 is 0 Å². The minimum Gasteiger partial charge on any atom is -0.356 e. The van der Waals surface area contributed by atoms with E-state index in [4.69, 9.17) is 0 Å². The van der Waals surface area contributed by atoms with E-state index in [9.17, 15) is 9.18 Å². The summed E-state index contributed by atoms with van der Waals surface area (Å²) in [5.74, 6) is 0.115. The van der Waals surface area contributed by atoms with Crippen molar-refractivity contribution in [3.63, 3.8) is 0 Å². The Balaban J connectivity index is 2.14. The molecule has 1 aromatic carbocycles. The van der Waals surface area contributed by atoms with Crippen LogP contribution in [0.3, 0.4) is 0 Å². The first-order valence-corrected chi connectivity index (χ1v) is 4.78. The predicted molar refractivity (Wildman–Crippen MR) is 51.4 cm³/mol. The summed E-state index contributed by atoms with van der Waals surface area (Å²) in [7, 11) is 0. The lowest BCUT2D eigenvalue weighted by molar-refractivity contribution is -0.122. The summed E-state index contributed by atoms with van der Waals surface area (Å²) in [5.41, 5.74) is 1.06. The van der Waals surface area contributed by atoms with Crippen molar-refractivity contribution >= 4 is 5.91 Å². The quantitative estimate of drug-likeness (QED) is 0.724. The second kappa shape index (κ2) is 3.78. The topological polar surface area (TPSA) is 29.1 Å². The fourth-order valence-electron chi connectivity index (χ4n) is 1.80. The zero-order valence-electron chi connectivity index (χ0n) is 7.79. The molecule has 1 aliphatic heterocycles. The average Bonchev–Trinajstić information content (AvgIpc) is 2.19. The maximum Gasteiger partial charge on any atom is 0.220 e. The Labute approximate surface area is 82.1 Å². The van der Waals surface area contributed by atoms with Crippen molar-refractivity contribution in [1.29, 1.82) is 0 Å². The second-order valence-corrected chi connectivity index (χ2v) is 3.59. The van der Waals surface area contributed by atoms with Crippen molar-refractivity contribution in [2.24, 2.45) is 0 Å². The summed E-state index contributed by atoms with van der Waals surface area (Å²) in [6.07, 6.45) is 1.46. The Morgan fingerprint density at radius 3 is 2.64 bits per heavy atom. The van der Waals surface area contributed by atoms with Gasteiger partial charge in [-0.1, -0.05) is 12.1 Å². The Morgan fingerprint density at radius 2 is 2.00 bits per heavy atom. The van der Waals surface area contributed by atoms with Crippen LogP contribution in [0.2, 0.25) is 0 Å². The number of benzene rings is 1. The number of rotatable bonds is 1. The number of carbonyl (C=O) groups is 1. The highest BCUT2D eigenvalue weighted by Crippen LogP contribution is 2.25. The first kappa shape index (κ1) is 9.19. The van der Waals surface area contributed by atoms with Gasteiger partial charge in [-0.2, -0.15) is 0 Å². The van der Waals surface area contributed by atoms with Gasteiger partial charge >= 0.3 is 0 Å². The van der Waals surface area contributed by atoms with E-state index in [2.05, 4.69) is 5.32 Å². The normalized spacial score (nSPS) is 21.8. The molecule has 2 rings (SSSR count). The van der Waals surface area contributed by atoms with Crippen LogP contribution in [0.5, 0.6) is 0 Å². The molecule has 1 saturated heterocycles. The molecule has 0 bridgehead atoms. The molecule has 1 fully saturated rings. The molecule has 0 spiro atoms. The molecule has 1 amide bonds. The van der Waals surface area contributed by atoms with Crippen molar-refractivity contribution < 1.29 is 9.18 Å². The number of piperidine rings is 1. The maximum atomic E-state index is 12.7. The molecule has 1 heterocycles. The Hall–Kier alpha value is -1.38. The molecule has 74 valence electrons. The maximum absolute atomic E-state index is 12.7. The number of amides is 1. The fourth-order valence-corrected chi connectivity index (χ4v) is 1.80.